The van der Waals surface area contributed by atoms with Crippen molar-refractivity contribution in [3.63, 3.8) is 0 Å². The van der Waals surface area contributed by atoms with Crippen molar-refractivity contribution in [2.45, 2.75) is 11.3 Å². The molecule has 4 rings (SSSR count). The first-order valence-corrected chi connectivity index (χ1v) is 11.9. The summed E-state index contributed by atoms with van der Waals surface area (Å²) >= 11 is 0. The highest BCUT2D eigenvalue weighted by molar-refractivity contribution is 7.89. The van der Waals surface area contributed by atoms with Gasteiger partial charge in [-0.2, -0.15) is 9.40 Å². The Labute approximate surface area is 191 Å². The highest BCUT2D eigenvalue weighted by Gasteiger charge is 2.28. The molecular weight excluding hydrogens is 446 g/mol. The van der Waals surface area contributed by atoms with E-state index in [0.717, 1.165) is 0 Å². The Kier molecular flexibility index (Phi) is 6.45. The minimum atomic E-state index is -3.71. The average molecular weight is 472 g/mol. The van der Waals surface area contributed by atoms with Crippen LogP contribution in [0.2, 0.25) is 0 Å². The van der Waals surface area contributed by atoms with Crippen molar-refractivity contribution in [2.75, 3.05) is 45.7 Å². The Morgan fingerprint density at radius 2 is 1.82 bits per heavy atom. The maximum Gasteiger partial charge on any atom is 0.272 e. The summed E-state index contributed by atoms with van der Waals surface area (Å²) in [5.74, 6) is -0.0906. The fraction of sp³-hybridized carbons (Fsp3) is 0.318. The number of carbonyl (C=O) groups excluding carboxylic acids is 1. The van der Waals surface area contributed by atoms with E-state index in [9.17, 15) is 18.0 Å². The van der Waals surface area contributed by atoms with Crippen molar-refractivity contribution >= 4 is 32.4 Å². The van der Waals surface area contributed by atoms with E-state index >= 15 is 0 Å². The molecule has 10 nitrogen and oxygen atoms in total. The van der Waals surface area contributed by atoms with E-state index in [1.54, 1.807) is 24.3 Å². The van der Waals surface area contributed by atoms with Crippen LogP contribution in [0.5, 0.6) is 5.75 Å². The number of aromatic nitrogens is 2. The Morgan fingerprint density at radius 3 is 2.52 bits per heavy atom. The first-order valence-electron chi connectivity index (χ1n) is 10.4. The summed E-state index contributed by atoms with van der Waals surface area (Å²) in [6, 6.07) is 11.3. The quantitative estimate of drug-likeness (QED) is 0.551. The summed E-state index contributed by atoms with van der Waals surface area (Å²) in [5, 5.41) is 10.2. The molecule has 1 amide bonds. The zero-order chi connectivity index (χ0) is 23.6. The van der Waals surface area contributed by atoms with Gasteiger partial charge >= 0.3 is 0 Å². The Hall–Kier alpha value is -3.28. The second-order valence-corrected chi connectivity index (χ2v) is 9.78. The van der Waals surface area contributed by atoms with Crippen LogP contribution in [0.15, 0.2) is 52.2 Å². The largest absolute Gasteiger partial charge is 0.495 e. The fourth-order valence-corrected chi connectivity index (χ4v) is 5.22. The van der Waals surface area contributed by atoms with Crippen LogP contribution >= 0.6 is 0 Å². The van der Waals surface area contributed by atoms with Crippen molar-refractivity contribution in [2.24, 2.45) is 0 Å². The third-order valence-corrected chi connectivity index (χ3v) is 7.54. The van der Waals surface area contributed by atoms with Gasteiger partial charge in [-0.05, 0) is 31.3 Å². The van der Waals surface area contributed by atoms with Crippen LogP contribution in [-0.2, 0) is 21.2 Å². The third kappa shape index (κ3) is 4.75. The summed E-state index contributed by atoms with van der Waals surface area (Å²) in [6.45, 7) is 2.10. The molecule has 0 saturated carbocycles. The van der Waals surface area contributed by atoms with Gasteiger partial charge < -0.3 is 15.0 Å². The van der Waals surface area contributed by atoms with E-state index in [0.29, 0.717) is 48.4 Å². The molecule has 174 valence electrons. The van der Waals surface area contributed by atoms with Gasteiger partial charge in [-0.3, -0.25) is 9.59 Å². The molecule has 2 aromatic carbocycles. The molecule has 0 aliphatic carbocycles. The van der Waals surface area contributed by atoms with E-state index in [4.69, 9.17) is 4.74 Å². The van der Waals surface area contributed by atoms with Gasteiger partial charge in [-0.15, -0.1) is 0 Å². The molecule has 1 fully saturated rings. The predicted molar refractivity (Wildman–Crippen MR) is 124 cm³/mol. The summed E-state index contributed by atoms with van der Waals surface area (Å²) in [7, 11) is -0.323. The van der Waals surface area contributed by atoms with Crippen LogP contribution in [0.4, 0.5) is 5.69 Å². The van der Waals surface area contributed by atoms with E-state index in [2.05, 4.69) is 20.4 Å². The number of amides is 1. The lowest BCUT2D eigenvalue weighted by Gasteiger charge is -2.31. The van der Waals surface area contributed by atoms with Crippen LogP contribution in [0.3, 0.4) is 0 Å². The molecule has 1 aliphatic heterocycles. The maximum atomic E-state index is 13.1. The number of methoxy groups -OCH3 is 1. The molecule has 0 spiro atoms. The number of sulfonamides is 1. The number of hydrogen-bond acceptors (Lipinski definition) is 7. The molecule has 0 atom stereocenters. The summed E-state index contributed by atoms with van der Waals surface area (Å²) in [4.78, 5) is 26.9. The Morgan fingerprint density at radius 1 is 1.12 bits per heavy atom. The van der Waals surface area contributed by atoms with Crippen molar-refractivity contribution < 1.29 is 17.9 Å². The lowest BCUT2D eigenvalue weighted by Crippen LogP contribution is -2.47. The number of likely N-dealkylation sites (N-methyl/N-ethyl adjacent to an activating group) is 1. The SMILES string of the molecule is COc1ccc(S(=O)(=O)N2CCN(C)CC2)cc1NC(=O)Cc1n[nH]c(=O)c2ccccc12. The lowest BCUT2D eigenvalue weighted by atomic mass is 10.1. The topological polar surface area (TPSA) is 125 Å². The molecule has 0 unspecified atom stereocenters. The van der Waals surface area contributed by atoms with Gasteiger partial charge in [0.1, 0.15) is 5.75 Å². The molecule has 11 heteroatoms. The van der Waals surface area contributed by atoms with Gasteiger partial charge in [-0.25, -0.2) is 13.5 Å². The van der Waals surface area contributed by atoms with Gasteiger partial charge in [0.25, 0.3) is 5.56 Å². The monoisotopic (exact) mass is 471 g/mol. The van der Waals surface area contributed by atoms with Crippen LogP contribution < -0.4 is 15.6 Å². The van der Waals surface area contributed by atoms with E-state index in [1.165, 1.54) is 29.6 Å². The Bertz CT molecular complexity index is 1350. The molecule has 3 aromatic rings. The highest BCUT2D eigenvalue weighted by Crippen LogP contribution is 2.29. The number of H-pyrrole nitrogens is 1. The zero-order valence-electron chi connectivity index (χ0n) is 18.4. The number of benzene rings is 2. The molecule has 2 N–H and O–H groups in total. The van der Waals surface area contributed by atoms with Crippen LogP contribution in [0.25, 0.3) is 10.8 Å². The predicted octanol–water partition coefficient (Wildman–Crippen LogP) is 1.05. The molecule has 0 bridgehead atoms. The van der Waals surface area contributed by atoms with Gasteiger partial charge in [0.05, 0.1) is 35.2 Å². The van der Waals surface area contributed by atoms with Gasteiger partial charge in [0, 0.05) is 31.6 Å². The number of carbonyl (C=O) groups is 1. The first kappa shape index (κ1) is 22.9. The standard InChI is InChI=1S/C22H25N5O5S/c1-26-9-11-27(12-10-26)33(30,31)15-7-8-20(32-2)19(13-15)23-21(28)14-18-16-5-3-4-6-17(16)22(29)25-24-18/h3-8,13H,9-12,14H2,1-2H3,(H,23,28)(H,25,29). The minimum Gasteiger partial charge on any atom is -0.495 e. The zero-order valence-corrected chi connectivity index (χ0v) is 19.2. The number of fused-ring (bicyclic) bond motifs is 1. The fourth-order valence-electron chi connectivity index (χ4n) is 3.78. The van der Waals surface area contributed by atoms with Crippen molar-refractivity contribution in [3.05, 3.63) is 58.5 Å². The van der Waals surface area contributed by atoms with Gasteiger partial charge in [0.15, 0.2) is 0 Å². The molecule has 0 radical (unpaired) electrons. The third-order valence-electron chi connectivity index (χ3n) is 5.65. The van der Waals surface area contributed by atoms with Crippen molar-refractivity contribution in [3.8, 4) is 5.75 Å². The smallest absolute Gasteiger partial charge is 0.272 e. The number of hydrogen-bond donors (Lipinski definition) is 2. The van der Waals surface area contributed by atoms with E-state index in [1.807, 2.05) is 7.05 Å². The minimum absolute atomic E-state index is 0.0794. The number of rotatable bonds is 6. The van der Waals surface area contributed by atoms with Crippen LogP contribution in [0, 0.1) is 0 Å². The van der Waals surface area contributed by atoms with Gasteiger partial charge in [0.2, 0.25) is 15.9 Å². The number of aromatic amines is 1. The second-order valence-electron chi connectivity index (χ2n) is 7.84. The molecule has 1 aliphatic rings. The van der Waals surface area contributed by atoms with E-state index < -0.39 is 15.9 Å². The number of piperazine rings is 1. The highest BCUT2D eigenvalue weighted by atomic mass is 32.2. The van der Waals surface area contributed by atoms with Crippen molar-refractivity contribution in [1.82, 2.24) is 19.4 Å². The normalized spacial score (nSPS) is 15.5. The number of ether oxygens (including phenoxy) is 1. The summed E-state index contributed by atoms with van der Waals surface area (Å²) in [5.41, 5.74) is 0.313. The number of nitrogens with one attached hydrogen (secondary N) is 2. The van der Waals surface area contributed by atoms with Crippen molar-refractivity contribution in [1.29, 1.82) is 0 Å². The Balaban J connectivity index is 1.58. The molecule has 1 aromatic heterocycles. The van der Waals surface area contributed by atoms with E-state index in [-0.39, 0.29) is 22.6 Å². The average Bonchev–Trinajstić information content (AvgIpc) is 2.81. The number of anilines is 1. The van der Waals surface area contributed by atoms with Crippen LogP contribution in [0.1, 0.15) is 5.69 Å². The first-order chi connectivity index (χ1) is 15.8. The maximum absolute atomic E-state index is 13.1. The number of nitrogens with zero attached hydrogens (tertiary/aromatic N) is 3. The molecule has 1 saturated heterocycles. The molecule has 2 heterocycles. The van der Waals surface area contributed by atoms with Gasteiger partial charge in [-0.1, -0.05) is 18.2 Å². The molecule has 33 heavy (non-hydrogen) atoms. The summed E-state index contributed by atoms with van der Waals surface area (Å²) in [6.07, 6.45) is -0.115. The van der Waals surface area contributed by atoms with Crippen LogP contribution in [-0.4, -0.2) is 74.1 Å². The summed E-state index contributed by atoms with van der Waals surface area (Å²) < 4.78 is 33.0. The lowest BCUT2D eigenvalue weighted by molar-refractivity contribution is -0.115. The molecular formula is C22H25N5O5S. The second kappa shape index (κ2) is 9.30.